The van der Waals surface area contributed by atoms with Crippen LogP contribution < -0.4 is 10.9 Å². The predicted octanol–water partition coefficient (Wildman–Crippen LogP) is 4.51. The molecule has 1 aromatic heterocycles. The Morgan fingerprint density at radius 2 is 1.82 bits per heavy atom. The van der Waals surface area contributed by atoms with Crippen molar-refractivity contribution in [2.45, 2.75) is 37.1 Å². The predicted molar refractivity (Wildman–Crippen MR) is 115 cm³/mol. The van der Waals surface area contributed by atoms with Gasteiger partial charge >= 0.3 is 0 Å². The lowest BCUT2D eigenvalue weighted by molar-refractivity contribution is -0.115. The first kappa shape index (κ1) is 19.9. The topological polar surface area (TPSA) is 74.8 Å². The van der Waals surface area contributed by atoms with Gasteiger partial charge in [0.1, 0.15) is 0 Å². The molecule has 1 amide bonds. The molecule has 0 aliphatic carbocycles. The zero-order valence-electron chi connectivity index (χ0n) is 15.9. The Morgan fingerprint density at radius 1 is 1.11 bits per heavy atom. The van der Waals surface area contributed by atoms with Gasteiger partial charge in [-0.2, -0.15) is 0 Å². The third-order valence-corrected chi connectivity index (χ3v) is 5.61. The maximum Gasteiger partial charge on any atom is 0.252 e. The molecular weight excluding hydrogens is 370 g/mol. The number of aryl methyl sites for hydroxylation is 1. The van der Waals surface area contributed by atoms with Crippen molar-refractivity contribution in [2.75, 3.05) is 5.32 Å². The van der Waals surface area contributed by atoms with E-state index in [-0.39, 0.29) is 16.7 Å². The number of H-pyrrole nitrogens is 1. The van der Waals surface area contributed by atoms with E-state index in [0.29, 0.717) is 17.3 Å². The molecule has 0 fully saturated rings. The van der Waals surface area contributed by atoms with Gasteiger partial charge in [-0.25, -0.2) is 4.98 Å². The molecule has 1 unspecified atom stereocenters. The number of benzene rings is 2. The van der Waals surface area contributed by atoms with Crippen LogP contribution in [0, 0.1) is 0 Å². The first-order chi connectivity index (χ1) is 13.6. The number of carbonyl (C=O) groups is 1. The van der Waals surface area contributed by atoms with E-state index in [2.05, 4.69) is 22.2 Å². The molecule has 3 rings (SSSR count). The van der Waals surface area contributed by atoms with Gasteiger partial charge in [0.2, 0.25) is 5.91 Å². The summed E-state index contributed by atoms with van der Waals surface area (Å²) in [5.41, 5.74) is 3.15. The second-order valence-corrected chi connectivity index (χ2v) is 7.51. The Balaban J connectivity index is 1.80. The van der Waals surface area contributed by atoms with Crippen molar-refractivity contribution in [2.24, 2.45) is 0 Å². The largest absolute Gasteiger partial charge is 0.325 e. The normalized spacial score (nSPS) is 11.8. The molecule has 1 atom stereocenters. The maximum atomic E-state index is 12.8. The highest BCUT2D eigenvalue weighted by Crippen LogP contribution is 2.26. The SMILES string of the molecule is CCc1ccccc1NC(=O)C(CC)Sc1nc(-c2ccccc2)cc(=O)[nH]1. The zero-order chi connectivity index (χ0) is 19.9. The van der Waals surface area contributed by atoms with Crippen LogP contribution in [0.4, 0.5) is 5.69 Å². The van der Waals surface area contributed by atoms with Gasteiger partial charge in [-0.1, -0.05) is 74.1 Å². The average molecular weight is 394 g/mol. The number of nitrogens with zero attached hydrogens (tertiary/aromatic N) is 1. The van der Waals surface area contributed by atoms with Crippen molar-refractivity contribution in [1.29, 1.82) is 0 Å². The fourth-order valence-corrected chi connectivity index (χ4v) is 3.78. The van der Waals surface area contributed by atoms with E-state index < -0.39 is 0 Å². The van der Waals surface area contributed by atoms with Gasteiger partial charge in [0.15, 0.2) is 5.16 Å². The van der Waals surface area contributed by atoms with Crippen LogP contribution in [-0.2, 0) is 11.2 Å². The number of thioether (sulfide) groups is 1. The summed E-state index contributed by atoms with van der Waals surface area (Å²) in [7, 11) is 0. The van der Waals surface area contributed by atoms with Gasteiger partial charge in [-0.05, 0) is 24.5 Å². The summed E-state index contributed by atoms with van der Waals surface area (Å²) in [4.78, 5) is 32.2. The molecule has 0 saturated carbocycles. The van der Waals surface area contributed by atoms with Crippen molar-refractivity contribution in [3.05, 3.63) is 76.6 Å². The number of hydrogen-bond acceptors (Lipinski definition) is 4. The molecule has 6 heteroatoms. The van der Waals surface area contributed by atoms with Gasteiger partial charge < -0.3 is 10.3 Å². The number of para-hydroxylation sites is 1. The van der Waals surface area contributed by atoms with Crippen LogP contribution in [0.1, 0.15) is 25.8 Å². The Morgan fingerprint density at radius 3 is 2.54 bits per heavy atom. The molecule has 0 saturated heterocycles. The summed E-state index contributed by atoms with van der Waals surface area (Å²) in [6.07, 6.45) is 1.46. The van der Waals surface area contributed by atoms with Crippen LogP contribution >= 0.6 is 11.8 Å². The lowest BCUT2D eigenvalue weighted by atomic mass is 10.1. The number of aromatic amines is 1. The summed E-state index contributed by atoms with van der Waals surface area (Å²) in [5.74, 6) is -0.0961. The molecule has 0 aliphatic heterocycles. The number of anilines is 1. The molecule has 5 nitrogen and oxygen atoms in total. The number of amides is 1. The Kier molecular flexibility index (Phi) is 6.66. The standard InChI is InChI=1S/C22H23N3O2S/c1-3-15-10-8-9-13-17(15)23-21(27)19(4-2)28-22-24-18(14-20(26)25-22)16-11-6-5-7-12-16/h5-14,19H,3-4H2,1-2H3,(H,23,27)(H,24,25,26). The van der Waals surface area contributed by atoms with Crippen molar-refractivity contribution in [1.82, 2.24) is 9.97 Å². The van der Waals surface area contributed by atoms with Gasteiger partial charge in [0, 0.05) is 17.3 Å². The second kappa shape index (κ2) is 9.37. The number of carbonyl (C=O) groups excluding carboxylic acids is 1. The molecule has 2 aromatic carbocycles. The molecule has 0 spiro atoms. The molecule has 144 valence electrons. The average Bonchev–Trinajstić information content (AvgIpc) is 2.72. The molecule has 0 aliphatic rings. The molecule has 0 bridgehead atoms. The second-order valence-electron chi connectivity index (χ2n) is 6.32. The minimum Gasteiger partial charge on any atom is -0.325 e. The van der Waals surface area contributed by atoms with Crippen LogP contribution in [0.5, 0.6) is 0 Å². The number of rotatable bonds is 7. The minimum atomic E-state index is -0.362. The Hall–Kier alpha value is -2.86. The van der Waals surface area contributed by atoms with Gasteiger partial charge in [-0.3, -0.25) is 9.59 Å². The Bertz CT molecular complexity index is 1000. The van der Waals surface area contributed by atoms with Crippen molar-refractivity contribution < 1.29 is 4.79 Å². The fourth-order valence-electron chi connectivity index (χ4n) is 2.87. The van der Waals surface area contributed by atoms with Crippen LogP contribution in [0.2, 0.25) is 0 Å². The summed E-state index contributed by atoms with van der Waals surface area (Å²) in [6.45, 7) is 4.00. The zero-order valence-corrected chi connectivity index (χ0v) is 16.8. The third kappa shape index (κ3) is 4.89. The monoisotopic (exact) mass is 393 g/mol. The van der Waals surface area contributed by atoms with Crippen LogP contribution in [0.3, 0.4) is 0 Å². The molecule has 28 heavy (non-hydrogen) atoms. The number of hydrogen-bond donors (Lipinski definition) is 2. The molecule has 3 aromatic rings. The van der Waals surface area contributed by atoms with E-state index >= 15 is 0 Å². The highest BCUT2D eigenvalue weighted by Gasteiger charge is 2.20. The van der Waals surface area contributed by atoms with Crippen LogP contribution in [0.15, 0.2) is 70.6 Å². The van der Waals surface area contributed by atoms with E-state index in [4.69, 9.17) is 0 Å². The summed E-state index contributed by atoms with van der Waals surface area (Å²) in [6, 6.07) is 18.8. The van der Waals surface area contributed by atoms with E-state index in [1.54, 1.807) is 0 Å². The highest BCUT2D eigenvalue weighted by atomic mass is 32.2. The summed E-state index contributed by atoms with van der Waals surface area (Å²) < 4.78 is 0. The van der Waals surface area contributed by atoms with Crippen LogP contribution in [0.25, 0.3) is 11.3 Å². The Labute approximate surface area is 168 Å². The molecule has 0 radical (unpaired) electrons. The molecule has 1 heterocycles. The van der Waals surface area contributed by atoms with Crippen molar-refractivity contribution >= 4 is 23.4 Å². The fraction of sp³-hybridized carbons (Fsp3) is 0.227. The summed E-state index contributed by atoms with van der Waals surface area (Å²) >= 11 is 1.27. The first-order valence-electron chi connectivity index (χ1n) is 9.33. The van der Waals surface area contributed by atoms with E-state index in [0.717, 1.165) is 23.2 Å². The van der Waals surface area contributed by atoms with E-state index in [1.165, 1.54) is 17.8 Å². The highest BCUT2D eigenvalue weighted by molar-refractivity contribution is 8.00. The summed E-state index contributed by atoms with van der Waals surface area (Å²) in [5, 5.41) is 3.09. The maximum absolute atomic E-state index is 12.8. The van der Waals surface area contributed by atoms with Gasteiger partial charge in [-0.15, -0.1) is 0 Å². The van der Waals surface area contributed by atoms with Crippen molar-refractivity contribution in [3.8, 4) is 11.3 Å². The van der Waals surface area contributed by atoms with Gasteiger partial charge in [0.05, 0.1) is 10.9 Å². The first-order valence-corrected chi connectivity index (χ1v) is 10.2. The smallest absolute Gasteiger partial charge is 0.252 e. The third-order valence-electron chi connectivity index (χ3n) is 4.36. The quantitative estimate of drug-likeness (QED) is 0.457. The van der Waals surface area contributed by atoms with E-state index in [1.807, 2.05) is 61.5 Å². The molecule has 2 N–H and O–H groups in total. The van der Waals surface area contributed by atoms with E-state index in [9.17, 15) is 9.59 Å². The lowest BCUT2D eigenvalue weighted by Gasteiger charge is -2.16. The van der Waals surface area contributed by atoms with Crippen LogP contribution in [-0.4, -0.2) is 21.1 Å². The number of nitrogens with one attached hydrogen (secondary N) is 2. The minimum absolute atomic E-state index is 0.0961. The van der Waals surface area contributed by atoms with Crippen molar-refractivity contribution in [3.63, 3.8) is 0 Å². The van der Waals surface area contributed by atoms with Gasteiger partial charge in [0.25, 0.3) is 5.56 Å². The molecular formula is C22H23N3O2S. The lowest BCUT2D eigenvalue weighted by Crippen LogP contribution is -2.25. The number of aromatic nitrogens is 2.